The molecule has 2 heteroatoms. The number of hydrogen-bond donors (Lipinski definition) is 0. The van der Waals surface area contributed by atoms with E-state index in [1.54, 1.807) is 0 Å². The number of benzene rings is 10. The summed E-state index contributed by atoms with van der Waals surface area (Å²) in [6.07, 6.45) is 0. The standard InChI is InChI=1S/C61H42N2/c1-4-16-43(17-5-1)44-28-34-49(35-29-44)62(50-36-30-45(31-37-50)46-32-38-51(39-33-46)63-59-26-14-11-23-55(59)56-24-12-15-27-60(56)63)52-40-41-54-53-22-10-13-25-57(53)61(58(54)42-52,47-18-6-2-7-19-47)48-20-8-3-9-21-48/h1-42H. The van der Waals surface area contributed by atoms with Gasteiger partial charge in [0, 0.05) is 33.5 Å². The minimum absolute atomic E-state index is 0.497. The van der Waals surface area contributed by atoms with Gasteiger partial charge in [0.05, 0.1) is 16.4 Å². The van der Waals surface area contributed by atoms with Crippen molar-refractivity contribution in [2.45, 2.75) is 5.41 Å². The molecule has 11 aromatic rings. The molecule has 296 valence electrons. The highest BCUT2D eigenvalue weighted by atomic mass is 15.1. The van der Waals surface area contributed by atoms with E-state index >= 15 is 0 Å². The summed E-state index contributed by atoms with van der Waals surface area (Å²) in [5, 5.41) is 2.54. The highest BCUT2D eigenvalue weighted by Gasteiger charge is 2.46. The Morgan fingerprint density at radius 1 is 0.302 bits per heavy atom. The van der Waals surface area contributed by atoms with Gasteiger partial charge in [-0.3, -0.25) is 0 Å². The summed E-state index contributed by atoms with van der Waals surface area (Å²) < 4.78 is 2.37. The Balaban J connectivity index is 0.980. The Morgan fingerprint density at radius 3 is 1.27 bits per heavy atom. The molecule has 1 aromatic heterocycles. The minimum Gasteiger partial charge on any atom is -0.310 e. The summed E-state index contributed by atoms with van der Waals surface area (Å²) in [6, 6.07) is 93.2. The summed E-state index contributed by atoms with van der Waals surface area (Å²) in [6.45, 7) is 0. The van der Waals surface area contributed by atoms with E-state index in [-0.39, 0.29) is 0 Å². The van der Waals surface area contributed by atoms with Crippen LogP contribution in [0.4, 0.5) is 17.1 Å². The molecular weight excluding hydrogens is 761 g/mol. The van der Waals surface area contributed by atoms with Crippen LogP contribution < -0.4 is 4.90 Å². The van der Waals surface area contributed by atoms with Crippen molar-refractivity contribution in [2.24, 2.45) is 0 Å². The second kappa shape index (κ2) is 15.1. The Morgan fingerprint density at radius 2 is 0.714 bits per heavy atom. The van der Waals surface area contributed by atoms with Crippen molar-refractivity contribution in [3.8, 4) is 39.1 Å². The molecule has 0 aliphatic heterocycles. The fourth-order valence-corrected chi connectivity index (χ4v) is 10.3. The molecule has 0 radical (unpaired) electrons. The van der Waals surface area contributed by atoms with Gasteiger partial charge in [-0.1, -0.05) is 194 Å². The van der Waals surface area contributed by atoms with E-state index < -0.39 is 5.41 Å². The molecule has 0 amide bonds. The van der Waals surface area contributed by atoms with Gasteiger partial charge in [0.2, 0.25) is 0 Å². The third kappa shape index (κ3) is 5.95. The van der Waals surface area contributed by atoms with E-state index in [2.05, 4.69) is 264 Å². The average Bonchev–Trinajstić information content (AvgIpc) is 3.86. The van der Waals surface area contributed by atoms with Crippen molar-refractivity contribution in [3.63, 3.8) is 0 Å². The fraction of sp³-hybridized carbons (Fsp3) is 0.0164. The van der Waals surface area contributed by atoms with Gasteiger partial charge in [-0.2, -0.15) is 0 Å². The molecule has 1 heterocycles. The lowest BCUT2D eigenvalue weighted by atomic mass is 9.67. The zero-order valence-corrected chi connectivity index (χ0v) is 34.6. The SMILES string of the molecule is c1ccc(-c2ccc(N(c3ccc(-c4ccc(-n5c6ccccc6c6ccccc65)cc4)cc3)c3ccc4c(c3)C(c3ccccc3)(c3ccccc3)c3ccccc3-4)cc2)cc1. The molecule has 0 atom stereocenters. The number of fused-ring (bicyclic) bond motifs is 6. The largest absolute Gasteiger partial charge is 0.310 e. The summed E-state index contributed by atoms with van der Waals surface area (Å²) >= 11 is 0. The second-order valence-corrected chi connectivity index (χ2v) is 16.5. The van der Waals surface area contributed by atoms with E-state index in [0.717, 1.165) is 22.7 Å². The average molecular weight is 803 g/mol. The van der Waals surface area contributed by atoms with E-state index in [1.807, 2.05) is 0 Å². The summed E-state index contributed by atoms with van der Waals surface area (Å²) in [7, 11) is 0. The van der Waals surface area contributed by atoms with Crippen molar-refractivity contribution in [1.82, 2.24) is 4.57 Å². The number of anilines is 3. The van der Waals surface area contributed by atoms with Crippen LogP contribution in [0.3, 0.4) is 0 Å². The highest BCUT2D eigenvalue weighted by Crippen LogP contribution is 2.57. The van der Waals surface area contributed by atoms with E-state index in [4.69, 9.17) is 0 Å². The van der Waals surface area contributed by atoms with Gasteiger partial charge < -0.3 is 9.47 Å². The Bertz CT molecular complexity index is 3310. The van der Waals surface area contributed by atoms with Crippen LogP contribution in [0, 0.1) is 0 Å². The zero-order chi connectivity index (χ0) is 41.7. The van der Waals surface area contributed by atoms with Crippen LogP contribution >= 0.6 is 0 Å². The molecule has 0 spiro atoms. The van der Waals surface area contributed by atoms with Gasteiger partial charge in [0.25, 0.3) is 0 Å². The molecule has 0 N–H and O–H groups in total. The van der Waals surface area contributed by atoms with Crippen LogP contribution in [0.2, 0.25) is 0 Å². The molecule has 0 fully saturated rings. The third-order valence-electron chi connectivity index (χ3n) is 13.1. The van der Waals surface area contributed by atoms with E-state index in [9.17, 15) is 0 Å². The van der Waals surface area contributed by atoms with Gasteiger partial charge in [0.1, 0.15) is 0 Å². The molecule has 0 bridgehead atoms. The number of hydrogen-bond acceptors (Lipinski definition) is 1. The molecule has 12 rings (SSSR count). The predicted octanol–water partition coefficient (Wildman–Crippen LogP) is 16.0. The topological polar surface area (TPSA) is 8.17 Å². The van der Waals surface area contributed by atoms with Crippen LogP contribution in [-0.2, 0) is 5.41 Å². The molecule has 0 saturated carbocycles. The first-order valence-electron chi connectivity index (χ1n) is 21.8. The van der Waals surface area contributed by atoms with Gasteiger partial charge >= 0.3 is 0 Å². The molecule has 10 aromatic carbocycles. The molecule has 1 aliphatic carbocycles. The molecule has 63 heavy (non-hydrogen) atoms. The highest BCUT2D eigenvalue weighted by molar-refractivity contribution is 6.09. The molecular formula is C61H42N2. The zero-order valence-electron chi connectivity index (χ0n) is 34.6. The lowest BCUT2D eigenvalue weighted by Gasteiger charge is -2.35. The van der Waals surface area contributed by atoms with Crippen LogP contribution in [0.5, 0.6) is 0 Å². The van der Waals surface area contributed by atoms with Crippen LogP contribution in [0.1, 0.15) is 22.3 Å². The van der Waals surface area contributed by atoms with Crippen molar-refractivity contribution < 1.29 is 0 Å². The van der Waals surface area contributed by atoms with Crippen LogP contribution in [0.25, 0.3) is 60.9 Å². The lowest BCUT2D eigenvalue weighted by molar-refractivity contribution is 0.768. The van der Waals surface area contributed by atoms with Crippen molar-refractivity contribution in [1.29, 1.82) is 0 Å². The maximum absolute atomic E-state index is 2.45. The number of aromatic nitrogens is 1. The predicted molar refractivity (Wildman–Crippen MR) is 264 cm³/mol. The smallest absolute Gasteiger partial charge is 0.0714 e. The number of rotatable bonds is 8. The van der Waals surface area contributed by atoms with Crippen LogP contribution in [0.15, 0.2) is 255 Å². The number of nitrogens with zero attached hydrogens (tertiary/aromatic N) is 2. The first-order valence-corrected chi connectivity index (χ1v) is 21.8. The summed E-state index contributed by atoms with van der Waals surface area (Å²) in [5.74, 6) is 0. The molecule has 2 nitrogen and oxygen atoms in total. The maximum atomic E-state index is 2.45. The molecule has 0 unspecified atom stereocenters. The first kappa shape index (κ1) is 36.6. The second-order valence-electron chi connectivity index (χ2n) is 16.5. The minimum atomic E-state index is -0.497. The molecule has 1 aliphatic rings. The first-order chi connectivity index (χ1) is 31.3. The Kier molecular flexibility index (Phi) is 8.76. The van der Waals surface area contributed by atoms with Crippen molar-refractivity contribution in [3.05, 3.63) is 277 Å². The number of para-hydroxylation sites is 2. The monoisotopic (exact) mass is 802 g/mol. The molecule has 0 saturated heterocycles. The maximum Gasteiger partial charge on any atom is 0.0714 e. The van der Waals surface area contributed by atoms with Crippen molar-refractivity contribution >= 4 is 38.9 Å². The third-order valence-corrected chi connectivity index (χ3v) is 13.1. The summed E-state index contributed by atoms with van der Waals surface area (Å²) in [5.41, 5.74) is 18.8. The van der Waals surface area contributed by atoms with Crippen molar-refractivity contribution in [2.75, 3.05) is 4.90 Å². The quantitative estimate of drug-likeness (QED) is 0.149. The Labute approximate surface area is 368 Å². The fourth-order valence-electron chi connectivity index (χ4n) is 10.3. The van der Waals surface area contributed by atoms with Gasteiger partial charge in [-0.05, 0) is 116 Å². The van der Waals surface area contributed by atoms with Gasteiger partial charge in [-0.25, -0.2) is 0 Å². The van der Waals surface area contributed by atoms with Crippen LogP contribution in [-0.4, -0.2) is 4.57 Å². The van der Waals surface area contributed by atoms with Gasteiger partial charge in [0.15, 0.2) is 0 Å². The van der Waals surface area contributed by atoms with Gasteiger partial charge in [-0.15, -0.1) is 0 Å². The van der Waals surface area contributed by atoms with E-state index in [1.165, 1.54) is 77.4 Å². The lowest BCUT2D eigenvalue weighted by Crippen LogP contribution is -2.28. The van der Waals surface area contributed by atoms with E-state index in [0.29, 0.717) is 0 Å². The Hall–Kier alpha value is -8.20. The normalized spacial score (nSPS) is 12.6. The summed E-state index contributed by atoms with van der Waals surface area (Å²) in [4.78, 5) is 2.41.